The van der Waals surface area contributed by atoms with Crippen molar-refractivity contribution in [2.24, 2.45) is 4.99 Å². The van der Waals surface area contributed by atoms with Gasteiger partial charge in [0.05, 0.1) is 6.54 Å². The number of hydrogen-bond donors (Lipinski definition) is 1. The summed E-state index contributed by atoms with van der Waals surface area (Å²) in [5.41, 5.74) is 0. The van der Waals surface area contributed by atoms with E-state index in [1.165, 1.54) is 15.0 Å². The first kappa shape index (κ1) is 8.92. The van der Waals surface area contributed by atoms with Crippen LogP contribution >= 0.6 is 11.3 Å². The van der Waals surface area contributed by atoms with Gasteiger partial charge in [-0.1, -0.05) is 18.2 Å². The van der Waals surface area contributed by atoms with Crippen molar-refractivity contribution in [1.29, 1.82) is 0 Å². The van der Waals surface area contributed by atoms with Crippen molar-refractivity contribution < 1.29 is 0 Å². The fourth-order valence-electron chi connectivity index (χ4n) is 1.85. The van der Waals surface area contributed by atoms with Crippen LogP contribution in [0.25, 0.3) is 10.1 Å². The van der Waals surface area contributed by atoms with E-state index in [9.17, 15) is 0 Å². The summed E-state index contributed by atoms with van der Waals surface area (Å²) in [6, 6.07) is 10.8. The van der Waals surface area contributed by atoms with Crippen LogP contribution in [0, 0.1) is 0 Å². The Labute approximate surface area is 92.7 Å². The zero-order chi connectivity index (χ0) is 10.1. The standard InChI is InChI=1S/C12H12N2S/c1-2-4-11-9(3-1)7-10(15-11)8-12-13-5-6-14-12/h1-4,7H,5-6,8H2,(H,13,14). The summed E-state index contributed by atoms with van der Waals surface area (Å²) >= 11 is 1.86. The number of nitrogens with zero attached hydrogens (tertiary/aromatic N) is 1. The van der Waals surface area contributed by atoms with Crippen LogP contribution in [0.15, 0.2) is 35.3 Å². The van der Waals surface area contributed by atoms with Crippen molar-refractivity contribution in [3.05, 3.63) is 35.2 Å². The van der Waals surface area contributed by atoms with Crippen LogP contribution in [0.5, 0.6) is 0 Å². The Morgan fingerprint density at radius 2 is 2.27 bits per heavy atom. The van der Waals surface area contributed by atoms with Crippen molar-refractivity contribution >= 4 is 27.3 Å². The summed E-state index contributed by atoms with van der Waals surface area (Å²) in [6.07, 6.45) is 0.958. The minimum Gasteiger partial charge on any atom is -0.372 e. The summed E-state index contributed by atoms with van der Waals surface area (Å²) in [5.74, 6) is 1.14. The average Bonchev–Trinajstić information content (AvgIpc) is 2.86. The minimum absolute atomic E-state index is 0.931. The molecule has 0 aliphatic carbocycles. The third-order valence-electron chi connectivity index (χ3n) is 2.56. The molecule has 1 N–H and O–H groups in total. The molecule has 0 unspecified atom stereocenters. The van der Waals surface area contributed by atoms with E-state index in [0.29, 0.717) is 0 Å². The SMILES string of the molecule is c1ccc2sc(CC3=NCCN3)cc2c1. The van der Waals surface area contributed by atoms with Crippen molar-refractivity contribution in [3.63, 3.8) is 0 Å². The van der Waals surface area contributed by atoms with E-state index in [-0.39, 0.29) is 0 Å². The van der Waals surface area contributed by atoms with Gasteiger partial charge in [0.15, 0.2) is 0 Å². The number of hydrogen-bond acceptors (Lipinski definition) is 3. The Morgan fingerprint density at radius 3 is 3.07 bits per heavy atom. The molecule has 0 spiro atoms. The molecule has 15 heavy (non-hydrogen) atoms. The quantitative estimate of drug-likeness (QED) is 0.819. The number of fused-ring (bicyclic) bond motifs is 1. The smallest absolute Gasteiger partial charge is 0.102 e. The van der Waals surface area contributed by atoms with Crippen molar-refractivity contribution in [2.75, 3.05) is 13.1 Å². The van der Waals surface area contributed by atoms with Gasteiger partial charge in [0.1, 0.15) is 5.84 Å². The Hall–Kier alpha value is -1.35. The molecule has 2 nitrogen and oxygen atoms in total. The van der Waals surface area contributed by atoms with Gasteiger partial charge in [-0.2, -0.15) is 0 Å². The van der Waals surface area contributed by atoms with Gasteiger partial charge < -0.3 is 5.32 Å². The van der Waals surface area contributed by atoms with Crippen LogP contribution in [0.1, 0.15) is 4.88 Å². The molecule has 0 radical (unpaired) electrons. The molecule has 3 heteroatoms. The maximum absolute atomic E-state index is 4.41. The first-order valence-electron chi connectivity index (χ1n) is 5.16. The highest BCUT2D eigenvalue weighted by atomic mass is 32.1. The van der Waals surface area contributed by atoms with Gasteiger partial charge in [0, 0.05) is 22.5 Å². The second kappa shape index (κ2) is 3.66. The predicted molar refractivity (Wildman–Crippen MR) is 65.8 cm³/mol. The lowest BCUT2D eigenvalue weighted by atomic mass is 10.2. The highest BCUT2D eigenvalue weighted by Gasteiger charge is 2.08. The van der Waals surface area contributed by atoms with E-state index in [1.807, 2.05) is 11.3 Å². The number of benzene rings is 1. The lowest BCUT2D eigenvalue weighted by molar-refractivity contribution is 0.954. The van der Waals surface area contributed by atoms with Crippen molar-refractivity contribution in [3.8, 4) is 0 Å². The molecule has 3 rings (SSSR count). The largest absolute Gasteiger partial charge is 0.372 e. The molecule has 1 aliphatic rings. The Balaban J connectivity index is 1.91. The molecule has 0 amide bonds. The molecule has 0 saturated carbocycles. The Kier molecular flexibility index (Phi) is 2.18. The zero-order valence-corrected chi connectivity index (χ0v) is 9.18. The molecule has 0 bridgehead atoms. The van der Waals surface area contributed by atoms with E-state index in [0.717, 1.165) is 25.3 Å². The zero-order valence-electron chi connectivity index (χ0n) is 8.36. The summed E-state index contributed by atoms with van der Waals surface area (Å²) in [7, 11) is 0. The van der Waals surface area contributed by atoms with Gasteiger partial charge in [-0.3, -0.25) is 4.99 Å². The molecule has 1 aromatic carbocycles. The lowest BCUT2D eigenvalue weighted by Crippen LogP contribution is -2.19. The van der Waals surface area contributed by atoms with E-state index in [2.05, 4.69) is 40.6 Å². The van der Waals surface area contributed by atoms with Crippen LogP contribution in [0.2, 0.25) is 0 Å². The van der Waals surface area contributed by atoms with Gasteiger partial charge >= 0.3 is 0 Å². The van der Waals surface area contributed by atoms with Gasteiger partial charge in [0.2, 0.25) is 0 Å². The molecule has 2 heterocycles. The van der Waals surface area contributed by atoms with Gasteiger partial charge in [-0.15, -0.1) is 11.3 Å². The van der Waals surface area contributed by atoms with E-state index >= 15 is 0 Å². The van der Waals surface area contributed by atoms with Crippen LogP contribution in [0.4, 0.5) is 0 Å². The second-order valence-corrected chi connectivity index (χ2v) is 4.85. The average molecular weight is 216 g/mol. The summed E-state index contributed by atoms with van der Waals surface area (Å²) in [5, 5.41) is 4.65. The van der Waals surface area contributed by atoms with Gasteiger partial charge in [0.25, 0.3) is 0 Å². The molecule has 2 aromatic rings. The van der Waals surface area contributed by atoms with Crippen LogP contribution in [0.3, 0.4) is 0 Å². The second-order valence-electron chi connectivity index (χ2n) is 3.68. The first-order valence-corrected chi connectivity index (χ1v) is 5.98. The fraction of sp³-hybridized carbons (Fsp3) is 0.250. The summed E-state index contributed by atoms with van der Waals surface area (Å²) < 4.78 is 1.37. The number of nitrogens with one attached hydrogen (secondary N) is 1. The normalized spacial score (nSPS) is 15.3. The minimum atomic E-state index is 0.931. The Morgan fingerprint density at radius 1 is 1.33 bits per heavy atom. The molecule has 1 aliphatic heterocycles. The molecule has 76 valence electrons. The lowest BCUT2D eigenvalue weighted by Gasteiger charge is -1.97. The predicted octanol–water partition coefficient (Wildman–Crippen LogP) is 2.45. The summed E-state index contributed by atoms with van der Waals surface area (Å²) in [6.45, 7) is 1.93. The molecule has 0 saturated heterocycles. The molecular weight excluding hydrogens is 204 g/mol. The first-order chi connectivity index (χ1) is 7.42. The molecule has 0 atom stereocenters. The van der Waals surface area contributed by atoms with Crippen LogP contribution in [-0.4, -0.2) is 18.9 Å². The highest BCUT2D eigenvalue weighted by Crippen LogP contribution is 2.25. The number of aliphatic imine (C=N–C) groups is 1. The van der Waals surface area contributed by atoms with Crippen molar-refractivity contribution in [1.82, 2.24) is 5.32 Å². The highest BCUT2D eigenvalue weighted by molar-refractivity contribution is 7.19. The van der Waals surface area contributed by atoms with E-state index in [4.69, 9.17) is 0 Å². The maximum Gasteiger partial charge on any atom is 0.102 e. The third kappa shape index (κ3) is 1.75. The van der Waals surface area contributed by atoms with Crippen LogP contribution < -0.4 is 5.32 Å². The number of amidine groups is 1. The number of thiophene rings is 1. The van der Waals surface area contributed by atoms with E-state index in [1.54, 1.807) is 0 Å². The number of rotatable bonds is 2. The van der Waals surface area contributed by atoms with Gasteiger partial charge in [-0.25, -0.2) is 0 Å². The molecular formula is C12H12N2S. The molecule has 0 fully saturated rings. The molecule has 1 aromatic heterocycles. The van der Waals surface area contributed by atoms with Crippen LogP contribution in [-0.2, 0) is 6.42 Å². The Bertz CT molecular complexity index is 480. The monoisotopic (exact) mass is 216 g/mol. The summed E-state index contributed by atoms with van der Waals surface area (Å²) in [4.78, 5) is 5.81. The van der Waals surface area contributed by atoms with Gasteiger partial charge in [-0.05, 0) is 17.5 Å². The fourth-order valence-corrected chi connectivity index (χ4v) is 2.92. The third-order valence-corrected chi connectivity index (χ3v) is 3.68. The maximum atomic E-state index is 4.41. The topological polar surface area (TPSA) is 24.4 Å². The van der Waals surface area contributed by atoms with E-state index < -0.39 is 0 Å². The van der Waals surface area contributed by atoms with Crippen molar-refractivity contribution in [2.45, 2.75) is 6.42 Å².